The first-order chi connectivity index (χ1) is 14.9. The maximum atomic E-state index is 9.44. The predicted molar refractivity (Wildman–Crippen MR) is 132 cm³/mol. The van der Waals surface area contributed by atoms with Crippen LogP contribution in [0.15, 0.2) is 59.5 Å². The zero-order valence-corrected chi connectivity index (χ0v) is 19.9. The molecule has 0 aliphatic heterocycles. The number of hydrogen-bond donors (Lipinski definition) is 2. The van der Waals surface area contributed by atoms with Crippen LogP contribution in [0.25, 0.3) is 0 Å². The van der Waals surface area contributed by atoms with Crippen LogP contribution in [0.1, 0.15) is 76.8 Å². The minimum Gasteiger partial charge on any atom is -0.496 e. The Morgan fingerprint density at radius 1 is 1.19 bits per heavy atom. The van der Waals surface area contributed by atoms with Crippen molar-refractivity contribution in [1.82, 2.24) is 4.90 Å². The Balaban J connectivity index is 3.44. The van der Waals surface area contributed by atoms with Gasteiger partial charge in [0.2, 0.25) is 0 Å². The maximum absolute atomic E-state index is 9.44. The van der Waals surface area contributed by atoms with Crippen molar-refractivity contribution in [2.24, 2.45) is 10.7 Å². The quantitative estimate of drug-likeness (QED) is 0.155. The highest BCUT2D eigenvalue weighted by atomic mass is 16.5. The number of aliphatic hydroxyl groups is 1. The first kappa shape index (κ1) is 26.5. The molecule has 0 amide bonds. The number of methoxy groups -OCH3 is 1. The first-order valence-electron chi connectivity index (χ1n) is 11.4. The summed E-state index contributed by atoms with van der Waals surface area (Å²) in [6.45, 7) is 15.3. The molecule has 1 aromatic carbocycles. The average molecular weight is 428 g/mol. The van der Waals surface area contributed by atoms with Gasteiger partial charge in [0.25, 0.3) is 0 Å². The van der Waals surface area contributed by atoms with Gasteiger partial charge in [0.05, 0.1) is 37.5 Å². The number of unbranched alkanes of at least 4 members (excludes halogenated alkanes) is 3. The Morgan fingerprint density at radius 2 is 1.94 bits per heavy atom. The predicted octanol–water partition coefficient (Wildman–Crippen LogP) is 6.05. The molecule has 1 aromatic rings. The first-order valence-corrected chi connectivity index (χ1v) is 11.4. The highest BCUT2D eigenvalue weighted by molar-refractivity contribution is 5.81. The lowest BCUT2D eigenvalue weighted by atomic mass is 10.0. The minimum absolute atomic E-state index is 0.0213. The van der Waals surface area contributed by atoms with Crippen molar-refractivity contribution in [3.05, 3.63) is 65.7 Å². The summed E-state index contributed by atoms with van der Waals surface area (Å²) in [5.74, 6) is 1.36. The summed E-state index contributed by atoms with van der Waals surface area (Å²) < 4.78 is 5.58. The molecule has 0 fully saturated rings. The van der Waals surface area contributed by atoms with Crippen molar-refractivity contribution in [1.29, 1.82) is 0 Å². The van der Waals surface area contributed by atoms with E-state index in [2.05, 4.69) is 31.9 Å². The van der Waals surface area contributed by atoms with Gasteiger partial charge in [-0.15, -0.1) is 0 Å². The molecule has 0 unspecified atom stereocenters. The molecular weight excluding hydrogens is 386 g/mol. The molecule has 0 spiro atoms. The number of nitrogens with two attached hydrogens (primary N) is 1. The number of ether oxygens (including phenoxy) is 1. The monoisotopic (exact) mass is 427 g/mol. The smallest absolute Gasteiger partial charge is 0.124 e. The highest BCUT2D eigenvalue weighted by Crippen LogP contribution is 2.30. The van der Waals surface area contributed by atoms with Gasteiger partial charge in [0, 0.05) is 12.0 Å². The van der Waals surface area contributed by atoms with Gasteiger partial charge in [-0.2, -0.15) is 0 Å². The summed E-state index contributed by atoms with van der Waals surface area (Å²) in [6.07, 6.45) is 8.80. The molecule has 0 aromatic heterocycles. The lowest BCUT2D eigenvalue weighted by molar-refractivity contribution is 0.280. The van der Waals surface area contributed by atoms with Gasteiger partial charge in [-0.05, 0) is 42.7 Å². The third-order valence-electron chi connectivity index (χ3n) is 5.33. The van der Waals surface area contributed by atoms with Crippen LogP contribution in [-0.4, -0.2) is 23.0 Å². The number of aliphatic imine (C=N–C) groups is 1. The van der Waals surface area contributed by atoms with E-state index in [9.17, 15) is 5.11 Å². The molecule has 0 atom stereocenters. The van der Waals surface area contributed by atoms with E-state index < -0.39 is 0 Å². The van der Waals surface area contributed by atoms with Gasteiger partial charge in [0.15, 0.2) is 0 Å². The van der Waals surface area contributed by atoms with Gasteiger partial charge in [0.1, 0.15) is 5.75 Å². The molecule has 1 rings (SSSR count). The third-order valence-corrected chi connectivity index (χ3v) is 5.33. The molecule has 0 aliphatic rings. The van der Waals surface area contributed by atoms with Gasteiger partial charge >= 0.3 is 0 Å². The Bertz CT molecular complexity index is 781. The largest absolute Gasteiger partial charge is 0.496 e. The molecule has 0 bridgehead atoms. The molecule has 3 N–H and O–H groups in total. The topological polar surface area (TPSA) is 71.1 Å². The Morgan fingerprint density at radius 3 is 2.48 bits per heavy atom. The summed E-state index contributed by atoms with van der Waals surface area (Å²) in [5, 5.41) is 9.44. The lowest BCUT2D eigenvalue weighted by Gasteiger charge is -2.28. The molecule has 0 aliphatic carbocycles. The Kier molecular flexibility index (Phi) is 12.4. The standard InChI is InChI=1S/C26H41N3O2/c1-7-11-12-13-14-23(28-25(27)9-3)26(20(5)8-2)29(10-4)18-22-16-15-21(19-30)17-24(22)31-6/h10,15-17,30H,4-5,7-9,11-14,18-19H2,1-3,6H3,(H2,27,28)/b26-23+. The van der Waals surface area contributed by atoms with Crippen LogP contribution in [0.5, 0.6) is 5.75 Å². The van der Waals surface area contributed by atoms with E-state index in [0.717, 1.165) is 59.5 Å². The Labute approximate surface area is 189 Å². The van der Waals surface area contributed by atoms with Crippen LogP contribution < -0.4 is 10.5 Å². The van der Waals surface area contributed by atoms with Crippen LogP contribution in [0.2, 0.25) is 0 Å². The molecule has 31 heavy (non-hydrogen) atoms. The van der Waals surface area contributed by atoms with Crippen molar-refractivity contribution in [3.63, 3.8) is 0 Å². The van der Waals surface area contributed by atoms with Crippen LogP contribution >= 0.6 is 0 Å². The van der Waals surface area contributed by atoms with Crippen molar-refractivity contribution >= 4 is 5.84 Å². The van der Waals surface area contributed by atoms with E-state index in [4.69, 9.17) is 15.5 Å². The van der Waals surface area contributed by atoms with Gasteiger partial charge in [-0.3, -0.25) is 0 Å². The fourth-order valence-electron chi connectivity index (χ4n) is 3.38. The maximum Gasteiger partial charge on any atom is 0.124 e. The molecule has 0 radical (unpaired) electrons. The fourth-order valence-corrected chi connectivity index (χ4v) is 3.38. The third kappa shape index (κ3) is 8.25. The Hall–Kier alpha value is -2.53. The van der Waals surface area contributed by atoms with Crippen molar-refractivity contribution in [2.75, 3.05) is 7.11 Å². The molecular formula is C26H41N3O2. The van der Waals surface area contributed by atoms with E-state index in [-0.39, 0.29) is 6.61 Å². The van der Waals surface area contributed by atoms with Gasteiger partial charge < -0.3 is 20.5 Å². The number of allylic oxidation sites excluding steroid dienone is 2. The van der Waals surface area contributed by atoms with Crippen LogP contribution in [0.3, 0.4) is 0 Å². The van der Waals surface area contributed by atoms with E-state index in [1.807, 2.05) is 31.3 Å². The second-order valence-electron chi connectivity index (χ2n) is 7.63. The van der Waals surface area contributed by atoms with E-state index >= 15 is 0 Å². The van der Waals surface area contributed by atoms with E-state index in [1.54, 1.807) is 7.11 Å². The van der Waals surface area contributed by atoms with Crippen molar-refractivity contribution < 1.29 is 9.84 Å². The number of hydrogen-bond acceptors (Lipinski definition) is 4. The van der Waals surface area contributed by atoms with E-state index in [1.165, 1.54) is 12.8 Å². The summed E-state index contributed by atoms with van der Waals surface area (Å²) in [7, 11) is 1.64. The van der Waals surface area contributed by atoms with Gasteiger partial charge in [-0.25, -0.2) is 4.99 Å². The molecule has 5 nitrogen and oxygen atoms in total. The summed E-state index contributed by atoms with van der Waals surface area (Å²) in [4.78, 5) is 6.89. The zero-order valence-electron chi connectivity index (χ0n) is 19.9. The molecule has 0 saturated carbocycles. The molecule has 0 saturated heterocycles. The average Bonchev–Trinajstić information content (AvgIpc) is 2.80. The molecule has 172 valence electrons. The summed E-state index contributed by atoms with van der Waals surface area (Å²) in [5.41, 5.74) is 10.9. The lowest BCUT2D eigenvalue weighted by Crippen LogP contribution is -2.20. The van der Waals surface area contributed by atoms with Crippen LogP contribution in [0.4, 0.5) is 0 Å². The van der Waals surface area contributed by atoms with Crippen LogP contribution in [-0.2, 0) is 13.2 Å². The number of nitrogens with zero attached hydrogens (tertiary/aromatic N) is 2. The fraction of sp³-hybridized carbons (Fsp3) is 0.500. The summed E-state index contributed by atoms with van der Waals surface area (Å²) >= 11 is 0. The zero-order chi connectivity index (χ0) is 23.2. The number of aliphatic hydroxyl groups excluding tert-OH is 1. The second-order valence-corrected chi connectivity index (χ2v) is 7.63. The number of amidine groups is 1. The van der Waals surface area contributed by atoms with Gasteiger partial charge in [-0.1, -0.05) is 65.3 Å². The molecule has 0 heterocycles. The second kappa shape index (κ2) is 14.5. The SMILES string of the molecule is C=CN(Cc1ccc(CO)cc1OC)/C(C(=C)CC)=C(\CCCCCC)N=C(N)CC. The number of benzene rings is 1. The number of rotatable bonds is 15. The summed E-state index contributed by atoms with van der Waals surface area (Å²) in [6, 6.07) is 5.77. The van der Waals surface area contributed by atoms with Crippen molar-refractivity contribution in [2.45, 2.75) is 78.9 Å². The minimum atomic E-state index is -0.0213. The van der Waals surface area contributed by atoms with E-state index in [0.29, 0.717) is 18.8 Å². The normalized spacial score (nSPS) is 12.4. The van der Waals surface area contributed by atoms with Crippen molar-refractivity contribution in [3.8, 4) is 5.75 Å². The highest BCUT2D eigenvalue weighted by Gasteiger charge is 2.18. The van der Waals surface area contributed by atoms with Crippen LogP contribution in [0, 0.1) is 0 Å². The molecule has 5 heteroatoms.